The minimum atomic E-state index is -4.74. The fourth-order valence-electron chi connectivity index (χ4n) is 2.73. The molecule has 0 bridgehead atoms. The number of hydrogen-bond donors (Lipinski definition) is 1. The van der Waals surface area contributed by atoms with Crippen molar-refractivity contribution in [3.05, 3.63) is 41.3 Å². The monoisotopic (exact) mass is 385 g/mol. The second kappa shape index (κ2) is 6.99. The van der Waals surface area contributed by atoms with Gasteiger partial charge in [-0.25, -0.2) is 0 Å². The quantitative estimate of drug-likeness (QED) is 0.868. The zero-order valence-electron chi connectivity index (χ0n) is 13.3. The van der Waals surface area contributed by atoms with Crippen molar-refractivity contribution < 1.29 is 32.6 Å². The van der Waals surface area contributed by atoms with Crippen molar-refractivity contribution in [3.63, 3.8) is 0 Å². The van der Waals surface area contributed by atoms with Crippen LogP contribution in [-0.4, -0.2) is 41.3 Å². The van der Waals surface area contributed by atoms with Gasteiger partial charge in [-0.1, -0.05) is 0 Å². The summed E-state index contributed by atoms with van der Waals surface area (Å²) < 4.78 is 40.4. The number of rotatable bonds is 4. The van der Waals surface area contributed by atoms with Crippen LogP contribution >= 0.6 is 11.3 Å². The Balaban J connectivity index is 1.70. The van der Waals surface area contributed by atoms with Crippen LogP contribution in [0.25, 0.3) is 10.4 Å². The molecular weight excluding hydrogens is 371 g/mol. The van der Waals surface area contributed by atoms with Crippen molar-refractivity contribution >= 4 is 23.2 Å². The smallest absolute Gasteiger partial charge is 0.481 e. The Morgan fingerprint density at radius 3 is 2.42 bits per heavy atom. The van der Waals surface area contributed by atoms with E-state index in [1.165, 1.54) is 40.5 Å². The number of amides is 1. The van der Waals surface area contributed by atoms with Gasteiger partial charge in [0.15, 0.2) is 0 Å². The van der Waals surface area contributed by atoms with Crippen molar-refractivity contribution in [2.75, 3.05) is 13.1 Å². The van der Waals surface area contributed by atoms with Gasteiger partial charge >= 0.3 is 12.3 Å². The number of ether oxygens (including phenoxy) is 1. The fourth-order valence-corrected chi connectivity index (χ4v) is 3.71. The topological polar surface area (TPSA) is 66.8 Å². The Morgan fingerprint density at radius 1 is 1.15 bits per heavy atom. The maximum absolute atomic E-state index is 12.5. The molecule has 1 unspecified atom stereocenters. The molecule has 1 aromatic heterocycles. The third-order valence-corrected chi connectivity index (χ3v) is 5.14. The zero-order valence-corrected chi connectivity index (χ0v) is 14.1. The summed E-state index contributed by atoms with van der Waals surface area (Å²) in [6.07, 6.45) is -4.31. The number of aliphatic carboxylic acids is 1. The summed E-state index contributed by atoms with van der Waals surface area (Å²) in [5, 5.41) is 9.01. The Labute approximate surface area is 150 Å². The van der Waals surface area contributed by atoms with E-state index in [9.17, 15) is 22.8 Å². The van der Waals surface area contributed by atoms with Gasteiger partial charge < -0.3 is 14.7 Å². The molecule has 1 aromatic carbocycles. The maximum Gasteiger partial charge on any atom is 0.573 e. The molecule has 1 amide bonds. The van der Waals surface area contributed by atoms with Gasteiger partial charge in [-0.3, -0.25) is 9.59 Å². The molecule has 1 saturated heterocycles. The van der Waals surface area contributed by atoms with E-state index in [2.05, 4.69) is 4.74 Å². The van der Waals surface area contributed by atoms with Gasteiger partial charge in [-0.05, 0) is 48.4 Å². The number of carboxylic acid groups (broad SMARTS) is 1. The second-order valence-electron chi connectivity index (χ2n) is 5.81. The number of carboxylic acids is 1. The number of alkyl halides is 3. The molecule has 0 radical (unpaired) electrons. The number of nitrogens with zero attached hydrogens (tertiary/aromatic N) is 1. The maximum atomic E-state index is 12.5. The van der Waals surface area contributed by atoms with Gasteiger partial charge in [0.1, 0.15) is 5.75 Å². The van der Waals surface area contributed by atoms with E-state index in [-0.39, 0.29) is 18.2 Å². The number of thiophene rings is 1. The van der Waals surface area contributed by atoms with Crippen LogP contribution in [0, 0.1) is 5.92 Å². The molecule has 0 spiro atoms. The molecule has 1 N–H and O–H groups in total. The number of benzene rings is 1. The van der Waals surface area contributed by atoms with Crippen molar-refractivity contribution in [2.24, 2.45) is 5.92 Å². The predicted octanol–water partition coefficient (Wildman–Crippen LogP) is 3.86. The highest BCUT2D eigenvalue weighted by Gasteiger charge is 2.32. The lowest BCUT2D eigenvalue weighted by molar-refractivity contribution is -0.274. The van der Waals surface area contributed by atoms with Crippen LogP contribution in [-0.2, 0) is 4.79 Å². The van der Waals surface area contributed by atoms with E-state index in [4.69, 9.17) is 5.11 Å². The number of halogens is 3. The molecule has 1 atom stereocenters. The number of hydrogen-bond acceptors (Lipinski definition) is 4. The van der Waals surface area contributed by atoms with Crippen LogP contribution in [0.5, 0.6) is 5.75 Å². The lowest BCUT2D eigenvalue weighted by Crippen LogP contribution is -2.29. The van der Waals surface area contributed by atoms with Crippen molar-refractivity contribution in [1.82, 2.24) is 4.90 Å². The summed E-state index contributed by atoms with van der Waals surface area (Å²) in [6, 6.07) is 8.73. The van der Waals surface area contributed by atoms with E-state index in [0.29, 0.717) is 23.4 Å². The van der Waals surface area contributed by atoms with Crippen molar-refractivity contribution in [2.45, 2.75) is 12.8 Å². The summed E-state index contributed by atoms with van der Waals surface area (Å²) in [5.41, 5.74) is 0.661. The number of carbonyl (C=O) groups excluding carboxylic acids is 1. The van der Waals surface area contributed by atoms with Crippen LogP contribution in [0.1, 0.15) is 16.1 Å². The Hall–Kier alpha value is -2.55. The molecular formula is C17H14F3NO4S. The molecule has 138 valence electrons. The highest BCUT2D eigenvalue weighted by Crippen LogP contribution is 2.32. The lowest BCUT2D eigenvalue weighted by Gasteiger charge is -2.14. The third-order valence-electron chi connectivity index (χ3n) is 4.01. The van der Waals surface area contributed by atoms with E-state index < -0.39 is 18.2 Å². The van der Waals surface area contributed by atoms with Crippen LogP contribution in [0.3, 0.4) is 0 Å². The second-order valence-corrected chi connectivity index (χ2v) is 6.89. The van der Waals surface area contributed by atoms with Crippen LogP contribution < -0.4 is 4.74 Å². The molecule has 2 aromatic rings. The first kappa shape index (κ1) is 18.2. The standard InChI is InChI=1S/C17H14F3NO4S/c18-17(19,20)25-12-3-1-10(2-4-12)13-5-6-14(26-13)15(22)21-8-7-11(9-21)16(23)24/h1-6,11H,7-9H2,(H,23,24). The molecule has 2 heterocycles. The van der Waals surface area contributed by atoms with Crippen LogP contribution in [0.2, 0.25) is 0 Å². The normalized spacial score (nSPS) is 17.3. The third kappa shape index (κ3) is 4.16. The molecule has 26 heavy (non-hydrogen) atoms. The van der Waals surface area contributed by atoms with Crippen LogP contribution in [0.4, 0.5) is 13.2 Å². The Bertz CT molecular complexity index is 816. The number of likely N-dealkylation sites (tertiary alicyclic amines) is 1. The first-order valence-electron chi connectivity index (χ1n) is 7.71. The van der Waals surface area contributed by atoms with Gasteiger partial charge in [0.05, 0.1) is 10.8 Å². The average Bonchev–Trinajstić information content (AvgIpc) is 3.23. The highest BCUT2D eigenvalue weighted by molar-refractivity contribution is 7.17. The summed E-state index contributed by atoms with van der Waals surface area (Å²) in [7, 11) is 0. The number of carbonyl (C=O) groups is 2. The molecule has 0 aliphatic carbocycles. The van der Waals surface area contributed by atoms with Gasteiger partial charge in [0, 0.05) is 18.0 Å². The highest BCUT2D eigenvalue weighted by atomic mass is 32.1. The zero-order chi connectivity index (χ0) is 18.9. The van der Waals surface area contributed by atoms with Gasteiger partial charge in [-0.15, -0.1) is 24.5 Å². The van der Waals surface area contributed by atoms with E-state index >= 15 is 0 Å². The molecule has 0 saturated carbocycles. The Morgan fingerprint density at radius 2 is 1.85 bits per heavy atom. The van der Waals surface area contributed by atoms with E-state index in [1.54, 1.807) is 12.1 Å². The SMILES string of the molecule is O=C(O)C1CCN(C(=O)c2ccc(-c3ccc(OC(F)(F)F)cc3)s2)C1. The molecule has 1 aliphatic heterocycles. The van der Waals surface area contributed by atoms with Crippen molar-refractivity contribution in [1.29, 1.82) is 0 Å². The van der Waals surface area contributed by atoms with Crippen LogP contribution in [0.15, 0.2) is 36.4 Å². The molecule has 1 fully saturated rings. The van der Waals surface area contributed by atoms with Gasteiger partial charge in [-0.2, -0.15) is 0 Å². The Kier molecular flexibility index (Phi) is 4.90. The molecule has 9 heteroatoms. The summed E-state index contributed by atoms with van der Waals surface area (Å²) in [6.45, 7) is 0.581. The largest absolute Gasteiger partial charge is 0.573 e. The summed E-state index contributed by atoms with van der Waals surface area (Å²) in [4.78, 5) is 26.2. The average molecular weight is 385 g/mol. The first-order chi connectivity index (χ1) is 12.2. The molecule has 1 aliphatic rings. The molecule has 5 nitrogen and oxygen atoms in total. The van der Waals surface area contributed by atoms with Crippen molar-refractivity contribution in [3.8, 4) is 16.2 Å². The predicted molar refractivity (Wildman–Crippen MR) is 88.1 cm³/mol. The van der Waals surface area contributed by atoms with Gasteiger partial charge in [0.2, 0.25) is 0 Å². The lowest BCUT2D eigenvalue weighted by atomic mass is 10.1. The first-order valence-corrected chi connectivity index (χ1v) is 8.53. The fraction of sp³-hybridized carbons (Fsp3) is 0.294. The minimum Gasteiger partial charge on any atom is -0.481 e. The van der Waals surface area contributed by atoms with Gasteiger partial charge in [0.25, 0.3) is 5.91 Å². The van der Waals surface area contributed by atoms with E-state index in [0.717, 1.165) is 4.88 Å². The van der Waals surface area contributed by atoms with E-state index in [1.807, 2.05) is 0 Å². The summed E-state index contributed by atoms with van der Waals surface area (Å²) in [5.74, 6) is -2.00. The molecule has 3 rings (SSSR count). The summed E-state index contributed by atoms with van der Waals surface area (Å²) >= 11 is 1.21. The minimum absolute atomic E-state index is 0.185.